The zero-order valence-electron chi connectivity index (χ0n) is 22.3. The van der Waals surface area contributed by atoms with E-state index >= 15 is 4.39 Å². The predicted molar refractivity (Wildman–Crippen MR) is 138 cm³/mol. The summed E-state index contributed by atoms with van der Waals surface area (Å²) in [5, 5.41) is 0. The van der Waals surface area contributed by atoms with Crippen molar-refractivity contribution in [3.05, 3.63) is 75.4 Å². The van der Waals surface area contributed by atoms with Gasteiger partial charge in [-0.3, -0.25) is 4.99 Å². The summed E-state index contributed by atoms with van der Waals surface area (Å²) in [5.74, 6) is -3.10. The first-order valence-corrected chi connectivity index (χ1v) is 11.9. The molecule has 0 unspecified atom stereocenters. The number of hydrogen-bond acceptors (Lipinski definition) is 1. The minimum Gasteiger partial charge on any atom is -0.280 e. The molecule has 2 aromatic carbocycles. The third-order valence-corrected chi connectivity index (χ3v) is 6.59. The van der Waals surface area contributed by atoms with Crippen molar-refractivity contribution in [2.45, 2.75) is 91.7 Å². The van der Waals surface area contributed by atoms with Crippen molar-refractivity contribution in [1.29, 1.82) is 0 Å². The maximum Gasteiger partial charge on any atom is 0.271 e. The van der Waals surface area contributed by atoms with Gasteiger partial charge in [0.05, 0.1) is 12.3 Å². The van der Waals surface area contributed by atoms with Gasteiger partial charge in [0.15, 0.2) is 0 Å². The molecule has 34 heavy (non-hydrogen) atoms. The van der Waals surface area contributed by atoms with Gasteiger partial charge in [-0.2, -0.15) is 0 Å². The molecule has 0 bridgehead atoms. The van der Waals surface area contributed by atoms with Crippen LogP contribution in [-0.2, 0) is 22.4 Å². The molecule has 0 radical (unpaired) electrons. The molecule has 0 aromatic heterocycles. The number of alkyl halides is 3. The first-order chi connectivity index (χ1) is 15.3. The summed E-state index contributed by atoms with van der Waals surface area (Å²) in [6.07, 6.45) is 1.88. The number of hydrogen-bond donors (Lipinski definition) is 0. The number of nitrogens with zero attached hydrogens (tertiary/aromatic N) is 1. The van der Waals surface area contributed by atoms with Crippen molar-refractivity contribution in [3.63, 3.8) is 0 Å². The quantitative estimate of drug-likeness (QED) is 0.424. The third-order valence-electron chi connectivity index (χ3n) is 6.59. The molecular formula is C30H38F3N. The normalized spacial score (nSPS) is 15.4. The lowest BCUT2D eigenvalue weighted by Crippen LogP contribution is -2.20. The molecule has 0 N–H and O–H groups in total. The van der Waals surface area contributed by atoms with Gasteiger partial charge in [0.25, 0.3) is 5.92 Å². The summed E-state index contributed by atoms with van der Waals surface area (Å²) in [6, 6.07) is 8.95. The molecule has 1 aliphatic rings. The van der Waals surface area contributed by atoms with Crippen LogP contribution in [0.15, 0.2) is 41.4 Å². The van der Waals surface area contributed by atoms with Crippen molar-refractivity contribution >= 4 is 11.3 Å². The van der Waals surface area contributed by atoms with E-state index in [4.69, 9.17) is 4.99 Å². The lowest BCUT2D eigenvalue weighted by atomic mass is 9.76. The van der Waals surface area contributed by atoms with Gasteiger partial charge in [-0.25, -0.2) is 13.2 Å². The Morgan fingerprint density at radius 2 is 1.35 bits per heavy atom. The number of benzene rings is 2. The van der Waals surface area contributed by atoms with Crippen LogP contribution in [0.25, 0.3) is 5.57 Å². The van der Waals surface area contributed by atoms with Crippen LogP contribution in [0.5, 0.6) is 0 Å². The van der Waals surface area contributed by atoms with Gasteiger partial charge in [0.2, 0.25) is 0 Å². The highest BCUT2D eigenvalue weighted by molar-refractivity contribution is 6.16. The first kappa shape index (κ1) is 26.2. The average molecular weight is 470 g/mol. The Balaban J connectivity index is 2.24. The lowest BCUT2D eigenvalue weighted by molar-refractivity contribution is 0.0169. The first-order valence-electron chi connectivity index (χ1n) is 11.9. The van der Waals surface area contributed by atoms with Crippen LogP contribution in [0.2, 0.25) is 0 Å². The van der Waals surface area contributed by atoms with E-state index in [1.165, 1.54) is 37.1 Å². The number of halogens is 3. The van der Waals surface area contributed by atoms with E-state index in [1.807, 2.05) is 6.08 Å². The van der Waals surface area contributed by atoms with E-state index in [0.29, 0.717) is 5.57 Å². The van der Waals surface area contributed by atoms with Gasteiger partial charge < -0.3 is 0 Å². The summed E-state index contributed by atoms with van der Waals surface area (Å²) >= 11 is 0. The molecule has 184 valence electrons. The van der Waals surface area contributed by atoms with Gasteiger partial charge in [0.1, 0.15) is 5.67 Å². The second-order valence-corrected chi connectivity index (χ2v) is 12.2. The van der Waals surface area contributed by atoms with E-state index in [9.17, 15) is 8.78 Å². The van der Waals surface area contributed by atoms with Crippen LogP contribution in [0, 0.1) is 6.92 Å². The fourth-order valence-electron chi connectivity index (χ4n) is 4.69. The zero-order chi connectivity index (χ0) is 25.9. The van der Waals surface area contributed by atoms with Crippen molar-refractivity contribution in [2.75, 3.05) is 6.54 Å². The maximum absolute atomic E-state index is 15.1. The van der Waals surface area contributed by atoms with Crippen molar-refractivity contribution < 1.29 is 13.2 Å². The van der Waals surface area contributed by atoms with Gasteiger partial charge in [-0.15, -0.1) is 0 Å². The highest BCUT2D eigenvalue weighted by Gasteiger charge is 2.35. The summed E-state index contributed by atoms with van der Waals surface area (Å²) in [7, 11) is 0. The molecule has 0 spiro atoms. The molecule has 4 heteroatoms. The number of rotatable bonds is 4. The minimum absolute atomic E-state index is 0.0591. The lowest BCUT2D eigenvalue weighted by Gasteiger charge is -2.28. The molecule has 1 aliphatic heterocycles. The molecule has 0 saturated carbocycles. The third kappa shape index (κ3) is 5.16. The van der Waals surface area contributed by atoms with Crippen LogP contribution in [-0.4, -0.2) is 12.3 Å². The van der Waals surface area contributed by atoms with Crippen molar-refractivity contribution in [1.82, 2.24) is 0 Å². The average Bonchev–Trinajstić information content (AvgIpc) is 3.14. The minimum atomic E-state index is -3.10. The highest BCUT2D eigenvalue weighted by Crippen LogP contribution is 2.42. The fourth-order valence-corrected chi connectivity index (χ4v) is 4.69. The molecular weight excluding hydrogens is 431 g/mol. The summed E-state index contributed by atoms with van der Waals surface area (Å²) in [6.45, 7) is 19.2. The van der Waals surface area contributed by atoms with E-state index in [2.05, 4.69) is 60.6 Å². The Kier molecular flexibility index (Phi) is 6.48. The van der Waals surface area contributed by atoms with E-state index in [-0.39, 0.29) is 34.1 Å². The van der Waals surface area contributed by atoms with Crippen molar-refractivity contribution in [3.8, 4) is 0 Å². The van der Waals surface area contributed by atoms with Crippen molar-refractivity contribution in [2.24, 2.45) is 4.99 Å². The molecule has 0 saturated heterocycles. The highest BCUT2D eigenvalue weighted by atomic mass is 19.3. The molecule has 0 aliphatic carbocycles. The number of aliphatic imine (C=N–C) groups is 1. The van der Waals surface area contributed by atoms with Crippen LogP contribution in [0.3, 0.4) is 0 Å². The molecule has 0 atom stereocenters. The summed E-state index contributed by atoms with van der Waals surface area (Å²) in [5.41, 5.74) is 4.49. The summed E-state index contributed by atoms with van der Waals surface area (Å²) in [4.78, 5) is 4.77. The van der Waals surface area contributed by atoms with Crippen LogP contribution >= 0.6 is 0 Å². The Labute approximate surface area is 203 Å². The molecule has 2 aromatic rings. The zero-order valence-corrected chi connectivity index (χ0v) is 22.3. The second-order valence-electron chi connectivity index (χ2n) is 12.2. The molecule has 1 nitrogen and oxygen atoms in total. The van der Waals surface area contributed by atoms with Gasteiger partial charge in [-0.1, -0.05) is 65.8 Å². The van der Waals surface area contributed by atoms with E-state index < -0.39 is 11.6 Å². The second kappa shape index (κ2) is 8.39. The fraction of sp³-hybridized carbons (Fsp3) is 0.500. The van der Waals surface area contributed by atoms with E-state index in [1.54, 1.807) is 6.07 Å². The number of allylic oxidation sites excluding steroid dienone is 1. The summed E-state index contributed by atoms with van der Waals surface area (Å²) < 4.78 is 44.4. The molecule has 0 amide bonds. The van der Waals surface area contributed by atoms with Gasteiger partial charge in [0, 0.05) is 18.1 Å². The monoisotopic (exact) mass is 469 g/mol. The van der Waals surface area contributed by atoms with Gasteiger partial charge >= 0.3 is 0 Å². The SMILES string of the molecule is Cc1c(C2=NCC(c3c(C(C)(C)F)cccc3C(C)(F)F)=C2)cc(C(C)(C)C)cc1C(C)(C)C. The Bertz CT molecular complexity index is 1130. The Hall–Kier alpha value is -2.36. The molecule has 1 heterocycles. The Morgan fingerprint density at radius 3 is 1.85 bits per heavy atom. The van der Waals surface area contributed by atoms with Crippen LogP contribution < -0.4 is 0 Å². The topological polar surface area (TPSA) is 12.4 Å². The molecule has 3 rings (SSSR count). The maximum atomic E-state index is 15.1. The predicted octanol–water partition coefficient (Wildman–Crippen LogP) is 8.79. The van der Waals surface area contributed by atoms with E-state index in [0.717, 1.165) is 23.8 Å². The molecule has 0 fully saturated rings. The standard InChI is InChI=1S/C30H38F3N/c1-18-21(15-20(27(2,3)4)16-24(18)28(5,6)7)25-14-19(17-34-25)26-22(29(8,9)31)12-11-13-23(26)30(10,32)33/h11-16H,17H2,1-10H3. The Morgan fingerprint density at radius 1 is 0.765 bits per heavy atom. The van der Waals surface area contributed by atoms with Crippen LogP contribution in [0.1, 0.15) is 101 Å². The smallest absolute Gasteiger partial charge is 0.271 e. The van der Waals surface area contributed by atoms with Crippen LogP contribution in [0.4, 0.5) is 13.2 Å². The largest absolute Gasteiger partial charge is 0.280 e. The van der Waals surface area contributed by atoms with Gasteiger partial charge in [-0.05, 0) is 77.1 Å².